The number of hydrogen-bond acceptors (Lipinski definition) is 4. The van der Waals surface area contributed by atoms with Crippen LogP contribution in [-0.2, 0) is 27.9 Å². The van der Waals surface area contributed by atoms with Gasteiger partial charge in [0.25, 0.3) is 0 Å². The molecule has 0 radical (unpaired) electrons. The van der Waals surface area contributed by atoms with E-state index in [-0.39, 0.29) is 36.9 Å². The molecule has 1 saturated carbocycles. The smallest absolute Gasteiger partial charge is 0.322 e. The molecule has 2 aromatic carbocycles. The highest BCUT2D eigenvalue weighted by atomic mass is 35.5. The highest BCUT2D eigenvalue weighted by Gasteiger charge is 2.48. The van der Waals surface area contributed by atoms with Gasteiger partial charge in [0, 0.05) is 18.7 Å². The monoisotopic (exact) mass is 497 g/mol. The topological polar surface area (TPSA) is 70.7 Å². The van der Waals surface area contributed by atoms with Crippen molar-refractivity contribution >= 4 is 30.1 Å². The third kappa shape index (κ3) is 5.49. The average Bonchev–Trinajstić information content (AvgIpc) is 3.04. The second-order valence-electron chi connectivity index (χ2n) is 9.84. The maximum atomic E-state index is 13.2. The van der Waals surface area contributed by atoms with Gasteiger partial charge in [-0.25, -0.2) is 4.79 Å². The first-order chi connectivity index (χ1) is 16.7. The summed E-state index contributed by atoms with van der Waals surface area (Å²) in [5.41, 5.74) is 3.92. The van der Waals surface area contributed by atoms with Gasteiger partial charge in [0.05, 0.1) is 5.54 Å². The molecule has 188 valence electrons. The lowest BCUT2D eigenvalue weighted by Gasteiger charge is -2.38. The highest BCUT2D eigenvalue weighted by molar-refractivity contribution is 5.96. The average molecular weight is 498 g/mol. The molecule has 1 atom stereocenters. The molecular weight excluding hydrogens is 462 g/mol. The van der Waals surface area contributed by atoms with Crippen LogP contribution in [0, 0.1) is 0 Å². The number of nitrogens with zero attached hydrogens (tertiary/aromatic N) is 1. The summed E-state index contributed by atoms with van der Waals surface area (Å²) >= 11 is 0. The molecule has 2 aliphatic heterocycles. The standard InChI is InChI=1S/C28H35N3O3.ClH/c32-26(34-25-9-5-2-6-10-25)13-16-28(23-7-3-1-4-8-23)20-30-27(33)31(28)24-12-11-21-14-17-29-18-15-22(21)19-24;/h1,3-4,7-8,11-12,19,25,29H,2,5-6,9-10,13-18,20H2,(H,30,33);1H. The molecule has 2 heterocycles. The van der Waals surface area contributed by atoms with Crippen molar-refractivity contribution in [2.45, 2.75) is 69.4 Å². The Hall–Kier alpha value is -2.57. The van der Waals surface area contributed by atoms with Crippen LogP contribution in [0.4, 0.5) is 10.5 Å². The van der Waals surface area contributed by atoms with E-state index in [0.717, 1.165) is 62.9 Å². The number of hydrogen-bond donors (Lipinski definition) is 2. The van der Waals surface area contributed by atoms with Gasteiger partial charge in [-0.15, -0.1) is 12.4 Å². The van der Waals surface area contributed by atoms with Gasteiger partial charge in [-0.2, -0.15) is 0 Å². The minimum atomic E-state index is -0.638. The zero-order valence-electron chi connectivity index (χ0n) is 20.3. The molecular formula is C28H36ClN3O3. The van der Waals surface area contributed by atoms with Crippen molar-refractivity contribution in [2.75, 3.05) is 24.5 Å². The lowest BCUT2D eigenvalue weighted by atomic mass is 9.84. The second-order valence-corrected chi connectivity index (χ2v) is 9.84. The van der Waals surface area contributed by atoms with Crippen LogP contribution in [0.2, 0.25) is 0 Å². The Balaban J connectivity index is 0.00000289. The van der Waals surface area contributed by atoms with Crippen LogP contribution in [0.3, 0.4) is 0 Å². The minimum Gasteiger partial charge on any atom is -0.462 e. The molecule has 2 amide bonds. The first-order valence-electron chi connectivity index (χ1n) is 12.8. The van der Waals surface area contributed by atoms with Gasteiger partial charge in [-0.1, -0.05) is 42.8 Å². The Morgan fingerprint density at radius 2 is 1.74 bits per heavy atom. The number of amides is 2. The van der Waals surface area contributed by atoms with E-state index in [1.807, 2.05) is 23.1 Å². The number of ether oxygens (including phenoxy) is 1. The number of carbonyl (C=O) groups excluding carboxylic acids is 2. The molecule has 0 bridgehead atoms. The molecule has 2 aromatic rings. The molecule has 35 heavy (non-hydrogen) atoms. The van der Waals surface area contributed by atoms with Crippen LogP contribution in [0.1, 0.15) is 61.6 Å². The molecule has 2 fully saturated rings. The number of nitrogens with one attached hydrogen (secondary N) is 2. The highest BCUT2D eigenvalue weighted by Crippen LogP contribution is 2.41. The minimum absolute atomic E-state index is 0. The van der Waals surface area contributed by atoms with Crippen molar-refractivity contribution in [2.24, 2.45) is 0 Å². The van der Waals surface area contributed by atoms with Crippen molar-refractivity contribution in [1.29, 1.82) is 0 Å². The molecule has 6 nitrogen and oxygen atoms in total. The summed E-state index contributed by atoms with van der Waals surface area (Å²) < 4.78 is 5.82. The molecule has 3 aliphatic rings. The van der Waals surface area contributed by atoms with E-state index >= 15 is 0 Å². The van der Waals surface area contributed by atoms with Gasteiger partial charge < -0.3 is 15.4 Å². The first kappa shape index (κ1) is 25.5. The number of rotatable bonds is 6. The maximum absolute atomic E-state index is 13.2. The van der Waals surface area contributed by atoms with Crippen LogP contribution in [0.15, 0.2) is 48.5 Å². The van der Waals surface area contributed by atoms with E-state index < -0.39 is 5.54 Å². The third-order valence-corrected chi connectivity index (χ3v) is 7.66. The number of benzene rings is 2. The predicted molar refractivity (Wildman–Crippen MR) is 140 cm³/mol. The lowest BCUT2D eigenvalue weighted by molar-refractivity contribution is -0.150. The van der Waals surface area contributed by atoms with E-state index in [1.54, 1.807) is 0 Å². The molecule has 1 saturated heterocycles. The lowest BCUT2D eigenvalue weighted by Crippen LogP contribution is -2.45. The molecule has 7 heteroatoms. The van der Waals surface area contributed by atoms with Gasteiger partial charge in [0.15, 0.2) is 0 Å². The Morgan fingerprint density at radius 1 is 1.00 bits per heavy atom. The van der Waals surface area contributed by atoms with E-state index in [9.17, 15) is 9.59 Å². The summed E-state index contributed by atoms with van der Waals surface area (Å²) in [6.07, 6.45) is 8.21. The molecule has 0 spiro atoms. The Bertz CT molecular complexity index is 1030. The summed E-state index contributed by atoms with van der Waals surface area (Å²) in [6.45, 7) is 2.39. The van der Waals surface area contributed by atoms with Crippen molar-refractivity contribution in [1.82, 2.24) is 10.6 Å². The fraction of sp³-hybridized carbons (Fsp3) is 0.500. The van der Waals surface area contributed by atoms with Gasteiger partial charge in [-0.3, -0.25) is 9.69 Å². The van der Waals surface area contributed by atoms with Crippen LogP contribution in [0.5, 0.6) is 0 Å². The summed E-state index contributed by atoms with van der Waals surface area (Å²) in [5.74, 6) is -0.158. The van der Waals surface area contributed by atoms with Crippen LogP contribution in [-0.4, -0.2) is 37.7 Å². The fourth-order valence-electron chi connectivity index (χ4n) is 5.80. The molecule has 2 N–H and O–H groups in total. The predicted octanol–water partition coefficient (Wildman–Crippen LogP) is 4.88. The SMILES string of the molecule is Cl.O=C(CCC1(c2ccccc2)CNC(=O)N1c1ccc2c(c1)CCNCC2)OC1CCCCC1. The summed E-state index contributed by atoms with van der Waals surface area (Å²) in [5, 5.41) is 6.53. The maximum Gasteiger partial charge on any atom is 0.322 e. The Labute approximate surface area is 214 Å². The number of anilines is 1. The summed E-state index contributed by atoms with van der Waals surface area (Å²) in [4.78, 5) is 28.0. The van der Waals surface area contributed by atoms with Crippen LogP contribution < -0.4 is 15.5 Å². The number of esters is 1. The van der Waals surface area contributed by atoms with Gasteiger partial charge in [0.2, 0.25) is 0 Å². The normalized spacial score (nSPS) is 22.5. The Kier molecular flexibility index (Phi) is 8.34. The molecule has 5 rings (SSSR count). The van der Waals surface area contributed by atoms with Crippen LogP contribution >= 0.6 is 12.4 Å². The zero-order chi connectivity index (χ0) is 23.4. The zero-order valence-corrected chi connectivity index (χ0v) is 21.1. The van der Waals surface area contributed by atoms with E-state index in [1.165, 1.54) is 17.5 Å². The molecule has 1 unspecified atom stereocenters. The van der Waals surface area contributed by atoms with Gasteiger partial charge in [-0.05, 0) is 86.9 Å². The molecule has 1 aliphatic carbocycles. The third-order valence-electron chi connectivity index (χ3n) is 7.66. The number of fused-ring (bicyclic) bond motifs is 1. The fourth-order valence-corrected chi connectivity index (χ4v) is 5.80. The number of urea groups is 1. The van der Waals surface area contributed by atoms with Crippen molar-refractivity contribution in [3.8, 4) is 0 Å². The van der Waals surface area contributed by atoms with Crippen molar-refractivity contribution in [3.05, 3.63) is 65.2 Å². The van der Waals surface area contributed by atoms with Crippen LogP contribution in [0.25, 0.3) is 0 Å². The number of carbonyl (C=O) groups is 2. The quantitative estimate of drug-likeness (QED) is 0.558. The van der Waals surface area contributed by atoms with E-state index in [4.69, 9.17) is 4.74 Å². The van der Waals surface area contributed by atoms with Gasteiger partial charge in [0.1, 0.15) is 6.10 Å². The molecule has 0 aromatic heterocycles. The van der Waals surface area contributed by atoms with Gasteiger partial charge >= 0.3 is 12.0 Å². The summed E-state index contributed by atoms with van der Waals surface area (Å²) in [7, 11) is 0. The van der Waals surface area contributed by atoms with E-state index in [0.29, 0.717) is 13.0 Å². The largest absolute Gasteiger partial charge is 0.462 e. The van der Waals surface area contributed by atoms with Crippen molar-refractivity contribution in [3.63, 3.8) is 0 Å². The Morgan fingerprint density at radius 3 is 2.51 bits per heavy atom. The van der Waals surface area contributed by atoms with E-state index in [2.05, 4.69) is 41.0 Å². The number of halogens is 1. The first-order valence-corrected chi connectivity index (χ1v) is 12.8. The van der Waals surface area contributed by atoms with Crippen molar-refractivity contribution < 1.29 is 14.3 Å². The second kappa shape index (κ2) is 11.4. The summed E-state index contributed by atoms with van der Waals surface area (Å²) in [6, 6.07) is 16.4.